The highest BCUT2D eigenvalue weighted by Crippen LogP contribution is 2.34. The summed E-state index contributed by atoms with van der Waals surface area (Å²) in [6.45, 7) is 2.55. The van der Waals surface area contributed by atoms with Crippen LogP contribution in [0.5, 0.6) is 0 Å². The van der Waals surface area contributed by atoms with Crippen molar-refractivity contribution < 1.29 is 9.59 Å². The van der Waals surface area contributed by atoms with Gasteiger partial charge in [-0.3, -0.25) is 9.59 Å². The Labute approximate surface area is 158 Å². The number of nitrogens with two attached hydrogens (primary N) is 1. The highest BCUT2D eigenvalue weighted by atomic mass is 35.5. The number of amides is 2. The van der Waals surface area contributed by atoms with Crippen molar-refractivity contribution in [2.24, 2.45) is 17.6 Å². The van der Waals surface area contributed by atoms with Crippen LogP contribution < -0.4 is 10.6 Å². The van der Waals surface area contributed by atoms with Crippen LogP contribution in [0.3, 0.4) is 0 Å². The number of anilines is 1. The molecule has 0 aromatic heterocycles. The molecule has 2 aliphatic rings. The number of halogens is 2. The van der Waals surface area contributed by atoms with E-state index in [1.807, 2.05) is 4.90 Å². The van der Waals surface area contributed by atoms with Crippen LogP contribution in [0.1, 0.15) is 25.7 Å². The molecule has 2 atom stereocenters. The summed E-state index contributed by atoms with van der Waals surface area (Å²) in [5.74, 6) is -0.424. The summed E-state index contributed by atoms with van der Waals surface area (Å²) in [7, 11) is 0. The number of carbonyl (C=O) groups is 2. The predicted molar refractivity (Wildman–Crippen MR) is 99.9 cm³/mol. The van der Waals surface area contributed by atoms with Crippen molar-refractivity contribution in [2.45, 2.75) is 25.7 Å². The molecule has 2 saturated heterocycles. The maximum atomic E-state index is 12.9. The molecule has 2 unspecified atom stereocenters. The average molecular weight is 384 g/mol. The average Bonchev–Trinajstić information content (AvgIpc) is 2.98. The van der Waals surface area contributed by atoms with Crippen LogP contribution in [-0.4, -0.2) is 42.9 Å². The van der Waals surface area contributed by atoms with E-state index in [2.05, 4.69) is 0 Å². The highest BCUT2D eigenvalue weighted by molar-refractivity contribution is 6.36. The number of carbonyl (C=O) groups excluding carboxylic acids is 2. The Kier molecular flexibility index (Phi) is 5.87. The Balaban J connectivity index is 1.71. The standard InChI is InChI=1S/C18H23Cl2N3O2/c19-13-3-4-15(20)16(10-13)23-9-6-14(18(23)25)17(24)22-8-1-2-12(11-22)5-7-21/h3-4,10,12,14H,1-2,5-9,11,21H2. The van der Waals surface area contributed by atoms with Crippen molar-refractivity contribution in [1.29, 1.82) is 0 Å². The van der Waals surface area contributed by atoms with Crippen LogP contribution in [-0.2, 0) is 9.59 Å². The molecule has 0 spiro atoms. The van der Waals surface area contributed by atoms with E-state index in [0.717, 1.165) is 25.8 Å². The predicted octanol–water partition coefficient (Wildman–Crippen LogP) is 2.93. The molecule has 25 heavy (non-hydrogen) atoms. The van der Waals surface area contributed by atoms with Gasteiger partial charge in [0, 0.05) is 24.7 Å². The summed E-state index contributed by atoms with van der Waals surface area (Å²) < 4.78 is 0. The number of hydrogen-bond donors (Lipinski definition) is 1. The Morgan fingerprint density at radius 2 is 2.04 bits per heavy atom. The summed E-state index contributed by atoms with van der Waals surface area (Å²) in [6, 6.07) is 5.03. The molecule has 2 heterocycles. The molecule has 2 N–H and O–H groups in total. The number of benzene rings is 1. The lowest BCUT2D eigenvalue weighted by atomic mass is 9.93. The van der Waals surface area contributed by atoms with Crippen molar-refractivity contribution in [3.05, 3.63) is 28.2 Å². The lowest BCUT2D eigenvalue weighted by Crippen LogP contribution is -2.45. The molecule has 0 bridgehead atoms. The van der Waals surface area contributed by atoms with Crippen molar-refractivity contribution in [1.82, 2.24) is 4.90 Å². The minimum Gasteiger partial charge on any atom is -0.342 e. The fourth-order valence-electron chi connectivity index (χ4n) is 3.80. The fraction of sp³-hybridized carbons (Fsp3) is 0.556. The van der Waals surface area contributed by atoms with Gasteiger partial charge in [-0.1, -0.05) is 23.2 Å². The molecule has 0 saturated carbocycles. The number of piperidine rings is 1. The quantitative estimate of drug-likeness (QED) is 0.812. The third-order valence-electron chi connectivity index (χ3n) is 5.11. The Bertz CT molecular complexity index is 666. The number of likely N-dealkylation sites (tertiary alicyclic amines) is 1. The van der Waals surface area contributed by atoms with Crippen molar-refractivity contribution in [3.8, 4) is 0 Å². The van der Waals surface area contributed by atoms with E-state index in [4.69, 9.17) is 28.9 Å². The number of rotatable bonds is 4. The first-order valence-corrected chi connectivity index (χ1v) is 9.52. The molecule has 5 nitrogen and oxygen atoms in total. The molecule has 2 amide bonds. The van der Waals surface area contributed by atoms with Crippen molar-refractivity contribution in [3.63, 3.8) is 0 Å². The second-order valence-electron chi connectivity index (χ2n) is 6.80. The van der Waals surface area contributed by atoms with Crippen LogP contribution in [0.4, 0.5) is 5.69 Å². The van der Waals surface area contributed by atoms with Gasteiger partial charge in [-0.2, -0.15) is 0 Å². The van der Waals surface area contributed by atoms with Crippen LogP contribution >= 0.6 is 23.2 Å². The SMILES string of the molecule is NCCC1CCCN(C(=O)C2CCN(c3cc(Cl)ccc3Cl)C2=O)C1. The van der Waals surface area contributed by atoms with E-state index >= 15 is 0 Å². The van der Waals surface area contributed by atoms with Crippen LogP contribution in [0.15, 0.2) is 18.2 Å². The molecule has 2 aliphatic heterocycles. The zero-order chi connectivity index (χ0) is 18.0. The summed E-state index contributed by atoms with van der Waals surface area (Å²) in [4.78, 5) is 29.1. The second kappa shape index (κ2) is 7.94. The summed E-state index contributed by atoms with van der Waals surface area (Å²) in [5, 5.41) is 0.981. The van der Waals surface area contributed by atoms with Gasteiger partial charge in [0.2, 0.25) is 11.8 Å². The fourth-order valence-corrected chi connectivity index (χ4v) is 4.18. The summed E-state index contributed by atoms with van der Waals surface area (Å²) in [5.41, 5.74) is 6.22. The van der Waals surface area contributed by atoms with Gasteiger partial charge in [0.25, 0.3) is 0 Å². The largest absolute Gasteiger partial charge is 0.342 e. The first-order valence-electron chi connectivity index (χ1n) is 8.76. The van der Waals surface area contributed by atoms with E-state index in [9.17, 15) is 9.59 Å². The minimum absolute atomic E-state index is 0.0626. The highest BCUT2D eigenvalue weighted by Gasteiger charge is 2.41. The summed E-state index contributed by atoms with van der Waals surface area (Å²) >= 11 is 12.2. The third-order valence-corrected chi connectivity index (χ3v) is 5.66. The minimum atomic E-state index is -0.619. The molecule has 3 rings (SSSR count). The maximum Gasteiger partial charge on any atom is 0.239 e. The van der Waals surface area contributed by atoms with E-state index in [1.54, 1.807) is 23.1 Å². The van der Waals surface area contributed by atoms with Gasteiger partial charge in [-0.25, -0.2) is 0 Å². The number of hydrogen-bond acceptors (Lipinski definition) is 3. The van der Waals surface area contributed by atoms with Gasteiger partial charge >= 0.3 is 0 Å². The zero-order valence-corrected chi connectivity index (χ0v) is 15.6. The van der Waals surface area contributed by atoms with Gasteiger partial charge in [-0.15, -0.1) is 0 Å². The lowest BCUT2D eigenvalue weighted by Gasteiger charge is -2.34. The molecule has 0 radical (unpaired) electrons. The Hall–Kier alpha value is -1.30. The zero-order valence-electron chi connectivity index (χ0n) is 14.1. The molecule has 0 aliphatic carbocycles. The van der Waals surface area contributed by atoms with Crippen LogP contribution in [0.2, 0.25) is 10.0 Å². The van der Waals surface area contributed by atoms with E-state index < -0.39 is 5.92 Å². The lowest BCUT2D eigenvalue weighted by molar-refractivity contribution is -0.141. The van der Waals surface area contributed by atoms with Gasteiger partial charge in [0.15, 0.2) is 0 Å². The van der Waals surface area contributed by atoms with Crippen LogP contribution in [0.25, 0.3) is 0 Å². The summed E-state index contributed by atoms with van der Waals surface area (Å²) in [6.07, 6.45) is 3.51. The monoisotopic (exact) mass is 383 g/mol. The van der Waals surface area contributed by atoms with E-state index in [0.29, 0.717) is 47.7 Å². The topological polar surface area (TPSA) is 66.6 Å². The Morgan fingerprint density at radius 1 is 1.24 bits per heavy atom. The van der Waals surface area contributed by atoms with Crippen LogP contribution in [0, 0.1) is 11.8 Å². The smallest absolute Gasteiger partial charge is 0.239 e. The first kappa shape index (κ1) is 18.5. The van der Waals surface area contributed by atoms with Gasteiger partial charge in [-0.05, 0) is 56.3 Å². The third kappa shape index (κ3) is 3.94. The second-order valence-corrected chi connectivity index (χ2v) is 7.64. The molecule has 1 aromatic carbocycles. The molecule has 1 aromatic rings. The van der Waals surface area contributed by atoms with Crippen molar-refractivity contribution in [2.75, 3.05) is 31.1 Å². The first-order chi connectivity index (χ1) is 12.0. The Morgan fingerprint density at radius 3 is 2.80 bits per heavy atom. The van der Waals surface area contributed by atoms with E-state index in [1.165, 1.54) is 0 Å². The molecule has 136 valence electrons. The molecular formula is C18H23Cl2N3O2. The van der Waals surface area contributed by atoms with E-state index in [-0.39, 0.29) is 11.8 Å². The molecule has 7 heteroatoms. The number of nitrogens with zero attached hydrogens (tertiary/aromatic N) is 2. The van der Waals surface area contributed by atoms with Gasteiger partial charge in [0.05, 0.1) is 10.7 Å². The maximum absolute atomic E-state index is 12.9. The molecular weight excluding hydrogens is 361 g/mol. The van der Waals surface area contributed by atoms with Crippen molar-refractivity contribution >= 4 is 40.7 Å². The van der Waals surface area contributed by atoms with Gasteiger partial charge in [0.1, 0.15) is 5.92 Å². The molecule has 2 fully saturated rings. The normalized spacial score (nSPS) is 24.0. The van der Waals surface area contributed by atoms with Gasteiger partial charge < -0.3 is 15.5 Å².